The summed E-state index contributed by atoms with van der Waals surface area (Å²) in [4.78, 5) is 0. The van der Waals surface area contributed by atoms with E-state index in [1.807, 2.05) is 0 Å². The van der Waals surface area contributed by atoms with Crippen molar-refractivity contribution < 1.29 is 0 Å². The van der Waals surface area contributed by atoms with Crippen LogP contribution in [0.2, 0.25) is 0 Å². The Morgan fingerprint density at radius 1 is 0.212 bits per heavy atom. The van der Waals surface area contributed by atoms with Crippen molar-refractivity contribution in [1.29, 1.82) is 0 Å². The van der Waals surface area contributed by atoms with Gasteiger partial charge in [-0.05, 0) is 159 Å². The molecule has 0 saturated heterocycles. The summed E-state index contributed by atoms with van der Waals surface area (Å²) in [6.45, 7) is 13.9. The van der Waals surface area contributed by atoms with Crippen LogP contribution < -0.4 is 0 Å². The lowest BCUT2D eigenvalue weighted by Crippen LogP contribution is -2.12. The molecule has 14 aromatic carbocycles. The lowest BCUT2D eigenvalue weighted by Gasteiger charge is -2.26. The average Bonchev–Trinajstić information content (AvgIpc) is 3.69. The van der Waals surface area contributed by atoms with E-state index >= 15 is 0 Å². The molecule has 0 aliphatic carbocycles. The summed E-state index contributed by atoms with van der Waals surface area (Å²) in [5.74, 6) is 0. The third-order valence-electron chi connectivity index (χ3n) is 16.4. The number of hydrogen-bond donors (Lipinski definition) is 0. The lowest BCUT2D eigenvalue weighted by atomic mass is 9.77. The second-order valence-corrected chi connectivity index (χ2v) is 23.5. The summed E-state index contributed by atoms with van der Waals surface area (Å²) in [5, 5.41) is 15.6. The highest BCUT2D eigenvalue weighted by molar-refractivity contribution is 6.26. The fraction of sp³-hybridized carbons (Fsp3) is 0.100. The van der Waals surface area contributed by atoms with Crippen LogP contribution in [-0.2, 0) is 10.8 Å². The zero-order valence-corrected chi connectivity index (χ0v) is 46.6. The molecule has 0 saturated carbocycles. The molecule has 14 aromatic rings. The van der Waals surface area contributed by atoms with E-state index in [1.165, 1.54) is 143 Å². The normalized spacial score (nSPS) is 11.9. The highest BCUT2D eigenvalue weighted by Crippen LogP contribution is 2.50. The summed E-state index contributed by atoms with van der Waals surface area (Å²) < 4.78 is 0. The van der Waals surface area contributed by atoms with Crippen molar-refractivity contribution in [3.05, 3.63) is 290 Å². The van der Waals surface area contributed by atoms with E-state index in [9.17, 15) is 0 Å². The van der Waals surface area contributed by atoms with Gasteiger partial charge in [0.2, 0.25) is 0 Å². The zero-order chi connectivity index (χ0) is 54.5. The summed E-state index contributed by atoms with van der Waals surface area (Å²) in [5.41, 5.74) is 18.0. The van der Waals surface area contributed by atoms with E-state index in [2.05, 4.69) is 321 Å². The molecule has 384 valence electrons. The molecule has 0 aromatic heterocycles. The molecule has 0 atom stereocenters. The molecule has 0 N–H and O–H groups in total. The van der Waals surface area contributed by atoms with Gasteiger partial charge in [0.15, 0.2) is 0 Å². The van der Waals surface area contributed by atoms with E-state index < -0.39 is 0 Å². The van der Waals surface area contributed by atoms with Crippen LogP contribution in [0.4, 0.5) is 0 Å². The monoisotopic (exact) mass is 1020 g/mol. The first kappa shape index (κ1) is 50.2. The maximum Gasteiger partial charge on any atom is -0.00200 e. The van der Waals surface area contributed by atoms with Crippen LogP contribution >= 0.6 is 0 Å². The molecule has 0 amide bonds. The van der Waals surface area contributed by atoms with Crippen LogP contribution in [0.1, 0.15) is 52.7 Å². The van der Waals surface area contributed by atoms with Crippen molar-refractivity contribution in [3.63, 3.8) is 0 Å². The zero-order valence-electron chi connectivity index (χ0n) is 46.6. The molecule has 14 rings (SSSR count). The van der Waals surface area contributed by atoms with Crippen LogP contribution in [0.3, 0.4) is 0 Å². The summed E-state index contributed by atoms with van der Waals surface area (Å²) in [6.07, 6.45) is 0. The Hall–Kier alpha value is -9.36. The van der Waals surface area contributed by atoms with Crippen molar-refractivity contribution in [2.45, 2.75) is 52.4 Å². The molecule has 0 bridgehead atoms. The molecule has 0 nitrogen and oxygen atoms in total. The summed E-state index contributed by atoms with van der Waals surface area (Å²) >= 11 is 0. The SMILES string of the molecule is CC(C)(C)c1ccc2c(-c3cccc4ccccc34)c3ccccc3c(-c3cccc4ccccc34)c2c1.CC(C)(C)c1cccc2c(-c3ccc(-c4ccccc4)cc3)c3ccccc3c(-c3ccc(-c4ccccc4)cc3)c12. The number of rotatable bonds is 6. The molecule has 80 heavy (non-hydrogen) atoms. The van der Waals surface area contributed by atoms with Crippen molar-refractivity contribution >= 4 is 64.6 Å². The minimum absolute atomic E-state index is 0.0187. The van der Waals surface area contributed by atoms with Gasteiger partial charge in [0.25, 0.3) is 0 Å². The molecule has 0 aliphatic rings. The Kier molecular flexibility index (Phi) is 12.8. The van der Waals surface area contributed by atoms with E-state index in [0.717, 1.165) is 0 Å². The van der Waals surface area contributed by atoms with E-state index in [1.54, 1.807) is 0 Å². The van der Waals surface area contributed by atoms with Gasteiger partial charge in [0.1, 0.15) is 0 Å². The minimum Gasteiger partial charge on any atom is -0.0622 e. The first-order valence-corrected chi connectivity index (χ1v) is 28.2. The number of fused-ring (bicyclic) bond motifs is 6. The van der Waals surface area contributed by atoms with Crippen LogP contribution in [0.5, 0.6) is 0 Å². The molecule has 0 unspecified atom stereocenters. The van der Waals surface area contributed by atoms with Crippen molar-refractivity contribution in [2.24, 2.45) is 0 Å². The highest BCUT2D eigenvalue weighted by atomic mass is 14.3. The Bertz CT molecular complexity index is 4590. The first-order chi connectivity index (χ1) is 39.0. The summed E-state index contributed by atoms with van der Waals surface area (Å²) in [7, 11) is 0. The molecule has 0 aliphatic heterocycles. The average molecular weight is 1030 g/mol. The van der Waals surface area contributed by atoms with Gasteiger partial charge in [0.05, 0.1) is 0 Å². The Morgan fingerprint density at radius 2 is 0.562 bits per heavy atom. The third-order valence-corrected chi connectivity index (χ3v) is 16.4. The summed E-state index contributed by atoms with van der Waals surface area (Å²) in [6, 6.07) is 102. The Balaban J connectivity index is 0.000000152. The largest absolute Gasteiger partial charge is 0.0622 e. The van der Waals surface area contributed by atoms with Crippen molar-refractivity contribution in [2.75, 3.05) is 0 Å². The van der Waals surface area contributed by atoms with E-state index in [4.69, 9.17) is 0 Å². The second kappa shape index (κ2) is 20.5. The van der Waals surface area contributed by atoms with Gasteiger partial charge in [-0.2, -0.15) is 0 Å². The van der Waals surface area contributed by atoms with Gasteiger partial charge in [0, 0.05) is 0 Å². The van der Waals surface area contributed by atoms with Gasteiger partial charge in [-0.25, -0.2) is 0 Å². The molecule has 0 heterocycles. The van der Waals surface area contributed by atoms with Gasteiger partial charge < -0.3 is 0 Å². The smallest absolute Gasteiger partial charge is 0.00200 e. The fourth-order valence-corrected chi connectivity index (χ4v) is 12.5. The van der Waals surface area contributed by atoms with Crippen LogP contribution in [0.15, 0.2) is 279 Å². The van der Waals surface area contributed by atoms with Crippen LogP contribution in [0.25, 0.3) is 131 Å². The molecular weight excluding hydrogens is 961 g/mol. The standard InChI is InChI=1S/C42H34.C38H30/c1-42(2,3)38-20-12-19-37-39(33-25-21-31(22-26-33)29-13-6-4-7-14-29)35-17-10-11-18-36(35)40(41(37)38)34-27-23-32(24-28-34)30-15-8-5-9-16-30;1-38(2,3)27-22-23-34-35(24-27)37(31-21-11-15-26-13-5-7-17-29(26)31)33-19-9-8-18-32(33)36(34)30-20-10-14-25-12-4-6-16-28(25)30/h4-28H,1-3H3;4-24H,1-3H3. The predicted octanol–water partition coefficient (Wildman–Crippen LogP) is 22.9. The van der Waals surface area contributed by atoms with Crippen LogP contribution in [-0.4, -0.2) is 0 Å². The topological polar surface area (TPSA) is 0 Å². The van der Waals surface area contributed by atoms with Crippen molar-refractivity contribution in [1.82, 2.24) is 0 Å². The lowest BCUT2D eigenvalue weighted by molar-refractivity contribution is 0.591. The molecule has 0 radical (unpaired) electrons. The Morgan fingerprint density at radius 3 is 1.05 bits per heavy atom. The van der Waals surface area contributed by atoms with Crippen molar-refractivity contribution in [3.8, 4) is 66.8 Å². The first-order valence-electron chi connectivity index (χ1n) is 28.2. The minimum atomic E-state index is -0.0187. The van der Waals surface area contributed by atoms with E-state index in [0.29, 0.717) is 0 Å². The second-order valence-electron chi connectivity index (χ2n) is 23.5. The fourth-order valence-electron chi connectivity index (χ4n) is 12.5. The quantitative estimate of drug-likeness (QED) is 0.146. The molecular formula is C80H64. The molecule has 0 heteroatoms. The number of benzene rings is 14. The third kappa shape index (κ3) is 9.11. The van der Waals surface area contributed by atoms with Crippen LogP contribution in [0, 0.1) is 0 Å². The predicted molar refractivity (Wildman–Crippen MR) is 348 cm³/mol. The molecule has 0 fully saturated rings. The van der Waals surface area contributed by atoms with E-state index in [-0.39, 0.29) is 10.8 Å². The number of hydrogen-bond acceptors (Lipinski definition) is 0. The highest BCUT2D eigenvalue weighted by Gasteiger charge is 2.25. The van der Waals surface area contributed by atoms with Gasteiger partial charge in [-0.1, -0.05) is 315 Å². The van der Waals surface area contributed by atoms with Gasteiger partial charge in [-0.3, -0.25) is 0 Å². The maximum absolute atomic E-state index is 2.45. The molecule has 0 spiro atoms. The van der Waals surface area contributed by atoms with Gasteiger partial charge >= 0.3 is 0 Å². The van der Waals surface area contributed by atoms with Gasteiger partial charge in [-0.15, -0.1) is 0 Å². The Labute approximate surface area is 471 Å². The maximum atomic E-state index is 2.45.